The fraction of sp³-hybridized carbons (Fsp3) is 0.457. The fourth-order valence-electron chi connectivity index (χ4n) is 5.88. The molecule has 0 saturated carbocycles. The van der Waals surface area contributed by atoms with Crippen LogP contribution in [0.5, 0.6) is 5.75 Å². The molecule has 0 bridgehead atoms. The monoisotopic (exact) mass is 630 g/mol. The van der Waals surface area contributed by atoms with E-state index in [1.54, 1.807) is 18.7 Å². The average Bonchev–Trinajstić information content (AvgIpc) is 3.02. The number of nitrogens with zero attached hydrogens (tertiary/aromatic N) is 3. The number of carbonyl (C=O) groups is 3. The summed E-state index contributed by atoms with van der Waals surface area (Å²) in [7, 11) is 0. The molecule has 11 heteroatoms. The van der Waals surface area contributed by atoms with Gasteiger partial charge in [0.25, 0.3) is 5.91 Å². The molecule has 2 aromatic carbocycles. The fourth-order valence-corrected chi connectivity index (χ4v) is 5.88. The summed E-state index contributed by atoms with van der Waals surface area (Å²) in [6, 6.07) is 17.3. The van der Waals surface area contributed by atoms with Crippen molar-refractivity contribution in [2.75, 3.05) is 19.7 Å². The molecular formula is C35H46N6O5. The summed E-state index contributed by atoms with van der Waals surface area (Å²) in [5.74, 6) is -0.348. The van der Waals surface area contributed by atoms with Crippen LogP contribution >= 0.6 is 0 Å². The molecule has 46 heavy (non-hydrogen) atoms. The summed E-state index contributed by atoms with van der Waals surface area (Å²) in [6.07, 6.45) is 2.18. The van der Waals surface area contributed by atoms with Crippen molar-refractivity contribution in [1.29, 1.82) is 0 Å². The van der Waals surface area contributed by atoms with Gasteiger partial charge in [0.1, 0.15) is 12.4 Å². The molecule has 4 N–H and O–H groups in total. The van der Waals surface area contributed by atoms with E-state index in [0.717, 1.165) is 17.5 Å². The molecule has 1 aromatic heterocycles. The number of hydrogen-bond acceptors (Lipinski definition) is 7. The Morgan fingerprint density at radius 1 is 0.957 bits per heavy atom. The molecule has 1 saturated heterocycles. The van der Waals surface area contributed by atoms with Crippen LogP contribution in [0.2, 0.25) is 0 Å². The zero-order valence-corrected chi connectivity index (χ0v) is 27.1. The minimum atomic E-state index is -1.02. The number of amides is 4. The van der Waals surface area contributed by atoms with Crippen LogP contribution < -0.4 is 20.7 Å². The SMILES string of the molecule is Cc1ncnc(C)c1OCC(=O)N[C@H](Cc1ccccc1)[C@H](O)C[C@@H](Cc1ccccc1)NC(=O)[C@@H](C(C)C)N1CCCNC1=O. The summed E-state index contributed by atoms with van der Waals surface area (Å²) >= 11 is 0. The summed E-state index contributed by atoms with van der Waals surface area (Å²) in [5.41, 5.74) is 3.19. The summed E-state index contributed by atoms with van der Waals surface area (Å²) < 4.78 is 5.78. The van der Waals surface area contributed by atoms with Crippen molar-refractivity contribution in [3.63, 3.8) is 0 Å². The van der Waals surface area contributed by atoms with Crippen LogP contribution in [0, 0.1) is 19.8 Å². The predicted molar refractivity (Wildman–Crippen MR) is 175 cm³/mol. The lowest BCUT2D eigenvalue weighted by molar-refractivity contribution is -0.128. The lowest BCUT2D eigenvalue weighted by Gasteiger charge is -2.37. The minimum absolute atomic E-state index is 0.126. The maximum Gasteiger partial charge on any atom is 0.318 e. The van der Waals surface area contributed by atoms with E-state index in [2.05, 4.69) is 25.9 Å². The Balaban J connectivity index is 1.52. The van der Waals surface area contributed by atoms with Crippen LogP contribution in [0.3, 0.4) is 0 Å². The second kappa shape index (κ2) is 16.7. The topological polar surface area (TPSA) is 146 Å². The number of aromatic nitrogens is 2. The molecule has 2 heterocycles. The van der Waals surface area contributed by atoms with Crippen molar-refractivity contribution in [3.8, 4) is 5.75 Å². The quantitative estimate of drug-likeness (QED) is 0.202. The average molecular weight is 631 g/mol. The largest absolute Gasteiger partial charge is 0.480 e. The molecule has 11 nitrogen and oxygen atoms in total. The third kappa shape index (κ3) is 9.74. The van der Waals surface area contributed by atoms with E-state index < -0.39 is 30.1 Å². The number of carbonyl (C=O) groups excluding carboxylic acids is 3. The summed E-state index contributed by atoms with van der Waals surface area (Å²) in [4.78, 5) is 49.5. The Morgan fingerprint density at radius 3 is 2.15 bits per heavy atom. The molecule has 4 rings (SSSR count). The van der Waals surface area contributed by atoms with Gasteiger partial charge in [0.2, 0.25) is 5.91 Å². The molecule has 0 aliphatic carbocycles. The van der Waals surface area contributed by atoms with Gasteiger partial charge >= 0.3 is 6.03 Å². The summed E-state index contributed by atoms with van der Waals surface area (Å²) in [5, 5.41) is 20.7. The Bertz CT molecular complexity index is 1420. The molecule has 0 radical (unpaired) electrons. The first-order valence-electron chi connectivity index (χ1n) is 15.9. The second-order valence-corrected chi connectivity index (χ2v) is 12.2. The van der Waals surface area contributed by atoms with E-state index in [4.69, 9.17) is 4.74 Å². The lowest BCUT2D eigenvalue weighted by Crippen LogP contribution is -2.59. The number of aryl methyl sites for hydroxylation is 2. The first kappa shape index (κ1) is 34.4. The molecule has 246 valence electrons. The molecular weight excluding hydrogens is 584 g/mol. The molecule has 4 atom stereocenters. The molecule has 1 aliphatic rings. The van der Waals surface area contributed by atoms with Gasteiger partial charge in [-0.1, -0.05) is 74.5 Å². The van der Waals surface area contributed by atoms with Crippen molar-refractivity contribution >= 4 is 17.8 Å². The van der Waals surface area contributed by atoms with Crippen molar-refractivity contribution in [2.45, 2.75) is 77.6 Å². The number of rotatable bonds is 15. The van der Waals surface area contributed by atoms with Crippen LogP contribution in [-0.4, -0.2) is 81.7 Å². The number of aliphatic hydroxyl groups excluding tert-OH is 1. The van der Waals surface area contributed by atoms with Crippen LogP contribution in [0.1, 0.15) is 49.2 Å². The van der Waals surface area contributed by atoms with Crippen molar-refractivity contribution in [1.82, 2.24) is 30.8 Å². The molecule has 3 aromatic rings. The number of benzene rings is 2. The highest BCUT2D eigenvalue weighted by molar-refractivity contribution is 5.87. The van der Waals surface area contributed by atoms with Gasteiger partial charge in [0, 0.05) is 19.1 Å². The van der Waals surface area contributed by atoms with Gasteiger partial charge in [-0.15, -0.1) is 0 Å². The van der Waals surface area contributed by atoms with Crippen LogP contribution in [0.15, 0.2) is 67.0 Å². The van der Waals surface area contributed by atoms with Gasteiger partial charge in [0.05, 0.1) is 23.5 Å². The van der Waals surface area contributed by atoms with E-state index in [1.165, 1.54) is 6.33 Å². The van der Waals surface area contributed by atoms with Gasteiger partial charge in [-0.3, -0.25) is 9.59 Å². The Hall–Kier alpha value is -4.51. The first-order valence-corrected chi connectivity index (χ1v) is 15.9. The third-order valence-corrected chi connectivity index (χ3v) is 8.16. The zero-order chi connectivity index (χ0) is 33.1. The van der Waals surface area contributed by atoms with Crippen LogP contribution in [-0.2, 0) is 22.4 Å². The molecule has 1 aliphatic heterocycles. The van der Waals surface area contributed by atoms with E-state index in [1.807, 2.05) is 74.5 Å². The van der Waals surface area contributed by atoms with Gasteiger partial charge in [-0.2, -0.15) is 0 Å². The number of urea groups is 1. The van der Waals surface area contributed by atoms with E-state index in [0.29, 0.717) is 43.1 Å². The highest BCUT2D eigenvalue weighted by atomic mass is 16.5. The number of hydrogen-bond donors (Lipinski definition) is 4. The van der Waals surface area contributed by atoms with Gasteiger partial charge in [0.15, 0.2) is 12.4 Å². The van der Waals surface area contributed by atoms with Gasteiger partial charge < -0.3 is 30.7 Å². The normalized spacial score (nSPS) is 15.8. The van der Waals surface area contributed by atoms with Crippen molar-refractivity contribution in [3.05, 3.63) is 89.5 Å². The molecule has 0 unspecified atom stereocenters. The van der Waals surface area contributed by atoms with Crippen molar-refractivity contribution < 1.29 is 24.2 Å². The Labute approximate surface area is 271 Å². The maximum atomic E-state index is 13.8. The van der Waals surface area contributed by atoms with Crippen LogP contribution in [0.25, 0.3) is 0 Å². The Kier molecular flexibility index (Phi) is 12.5. The van der Waals surface area contributed by atoms with E-state index >= 15 is 0 Å². The molecule has 4 amide bonds. The highest BCUT2D eigenvalue weighted by Crippen LogP contribution is 2.20. The number of nitrogens with one attached hydrogen (secondary N) is 3. The lowest BCUT2D eigenvalue weighted by atomic mass is 9.92. The Morgan fingerprint density at radius 2 is 1.57 bits per heavy atom. The van der Waals surface area contributed by atoms with Crippen LogP contribution in [0.4, 0.5) is 4.79 Å². The predicted octanol–water partition coefficient (Wildman–Crippen LogP) is 3.12. The second-order valence-electron chi connectivity index (χ2n) is 12.2. The standard InChI is InChI=1S/C35H46N6O5/c1-23(2)32(41-17-11-16-36-35(41)45)34(44)39-28(18-26-12-7-5-8-13-26)20-30(42)29(19-27-14-9-6-10-15-27)40-31(43)21-46-33-24(3)37-22-38-25(33)4/h5-10,12-15,22-23,28-30,32,42H,11,16-21H2,1-4H3,(H,36,45)(H,39,44)(H,40,43)/t28-,29-,30-,32-/m1/s1. The number of ether oxygens (including phenoxy) is 1. The highest BCUT2D eigenvalue weighted by Gasteiger charge is 2.35. The number of aliphatic hydroxyl groups is 1. The smallest absolute Gasteiger partial charge is 0.318 e. The van der Waals surface area contributed by atoms with E-state index in [9.17, 15) is 19.5 Å². The summed E-state index contributed by atoms with van der Waals surface area (Å²) in [6.45, 7) is 8.22. The van der Waals surface area contributed by atoms with Gasteiger partial charge in [-0.25, -0.2) is 14.8 Å². The molecule has 0 spiro atoms. The van der Waals surface area contributed by atoms with Gasteiger partial charge in [-0.05, 0) is 56.6 Å². The molecule has 1 fully saturated rings. The van der Waals surface area contributed by atoms with E-state index in [-0.39, 0.29) is 30.9 Å². The van der Waals surface area contributed by atoms with Crippen molar-refractivity contribution in [2.24, 2.45) is 5.92 Å². The maximum absolute atomic E-state index is 13.8. The minimum Gasteiger partial charge on any atom is -0.480 e. The zero-order valence-electron chi connectivity index (χ0n) is 27.1. The third-order valence-electron chi connectivity index (χ3n) is 8.16. The first-order chi connectivity index (χ1) is 22.1.